The molecule has 0 heterocycles. The largest absolute Gasteiger partial charge is 0.352 e. The van der Waals surface area contributed by atoms with Gasteiger partial charge in [0.15, 0.2) is 6.29 Å². The second kappa shape index (κ2) is 8.43. The topological polar surface area (TPSA) is 30.5 Å². The van der Waals surface area contributed by atoms with Crippen LogP contribution in [0.1, 0.15) is 19.4 Å². The zero-order valence-electron chi connectivity index (χ0n) is 10.7. The highest BCUT2D eigenvalue weighted by Gasteiger charge is 2.07. The predicted molar refractivity (Wildman–Crippen MR) is 70.2 cm³/mol. The van der Waals surface area contributed by atoms with Gasteiger partial charge in [0.2, 0.25) is 0 Å². The molecule has 0 atom stereocenters. The minimum absolute atomic E-state index is 0.139. The number of halogens is 2. The fourth-order valence-electron chi connectivity index (χ4n) is 1.52. The van der Waals surface area contributed by atoms with Gasteiger partial charge in [-0.1, -0.05) is 17.7 Å². The molecule has 1 aromatic carbocycles. The zero-order valence-corrected chi connectivity index (χ0v) is 11.5. The molecule has 0 fully saturated rings. The van der Waals surface area contributed by atoms with Gasteiger partial charge < -0.3 is 14.8 Å². The van der Waals surface area contributed by atoms with E-state index in [1.165, 1.54) is 6.07 Å². The lowest BCUT2D eigenvalue weighted by molar-refractivity contribution is -0.133. The van der Waals surface area contributed by atoms with Crippen LogP contribution in [0.5, 0.6) is 0 Å². The molecular weight excluding hydrogens is 257 g/mol. The summed E-state index contributed by atoms with van der Waals surface area (Å²) in [6, 6.07) is 4.76. The molecule has 0 aliphatic carbocycles. The fourth-order valence-corrected chi connectivity index (χ4v) is 1.64. The molecule has 5 heteroatoms. The molecule has 0 aromatic heterocycles. The van der Waals surface area contributed by atoms with Gasteiger partial charge in [-0.25, -0.2) is 4.39 Å². The molecule has 0 saturated heterocycles. The van der Waals surface area contributed by atoms with E-state index in [1.807, 2.05) is 13.8 Å². The van der Waals surface area contributed by atoms with E-state index in [9.17, 15) is 4.39 Å². The van der Waals surface area contributed by atoms with Crippen molar-refractivity contribution < 1.29 is 13.9 Å². The Morgan fingerprint density at radius 1 is 1.28 bits per heavy atom. The molecule has 0 saturated carbocycles. The third-order valence-corrected chi connectivity index (χ3v) is 2.64. The third kappa shape index (κ3) is 5.31. The van der Waals surface area contributed by atoms with Gasteiger partial charge in [0.1, 0.15) is 5.82 Å². The van der Waals surface area contributed by atoms with E-state index in [0.717, 1.165) is 5.56 Å². The van der Waals surface area contributed by atoms with Crippen LogP contribution in [0.15, 0.2) is 18.2 Å². The standard InChI is InChI=1S/C13H19ClFNO2/c1-3-17-13(18-4-2)9-16-8-10-5-6-11(14)12(15)7-10/h5-7,13,16H,3-4,8-9H2,1-2H3. The Bertz CT molecular complexity index is 357. The van der Waals surface area contributed by atoms with Gasteiger partial charge >= 0.3 is 0 Å². The first-order chi connectivity index (χ1) is 8.67. The number of rotatable bonds is 8. The Balaban J connectivity index is 2.37. The minimum Gasteiger partial charge on any atom is -0.352 e. The highest BCUT2D eigenvalue weighted by Crippen LogP contribution is 2.15. The summed E-state index contributed by atoms with van der Waals surface area (Å²) in [5, 5.41) is 3.30. The maximum atomic E-state index is 13.2. The lowest BCUT2D eigenvalue weighted by Crippen LogP contribution is -2.31. The van der Waals surface area contributed by atoms with Crippen LogP contribution in [0.4, 0.5) is 4.39 Å². The van der Waals surface area contributed by atoms with Crippen LogP contribution in [0.3, 0.4) is 0 Å². The van der Waals surface area contributed by atoms with E-state index >= 15 is 0 Å². The van der Waals surface area contributed by atoms with Gasteiger partial charge in [-0.15, -0.1) is 0 Å². The maximum Gasteiger partial charge on any atom is 0.169 e. The van der Waals surface area contributed by atoms with Gasteiger partial charge in [-0.05, 0) is 31.5 Å². The van der Waals surface area contributed by atoms with Crippen LogP contribution in [-0.2, 0) is 16.0 Å². The van der Waals surface area contributed by atoms with Crippen molar-refractivity contribution in [3.05, 3.63) is 34.6 Å². The van der Waals surface area contributed by atoms with Crippen molar-refractivity contribution in [1.82, 2.24) is 5.32 Å². The number of benzene rings is 1. The molecule has 3 nitrogen and oxygen atoms in total. The maximum absolute atomic E-state index is 13.2. The van der Waals surface area contributed by atoms with Crippen molar-refractivity contribution in [3.8, 4) is 0 Å². The molecule has 0 aliphatic rings. The first-order valence-corrected chi connectivity index (χ1v) is 6.43. The van der Waals surface area contributed by atoms with E-state index in [0.29, 0.717) is 26.3 Å². The first kappa shape index (κ1) is 15.4. The number of ether oxygens (including phenoxy) is 2. The third-order valence-electron chi connectivity index (χ3n) is 2.33. The Labute approximate surface area is 112 Å². The molecule has 18 heavy (non-hydrogen) atoms. The Hall–Kier alpha value is -0.680. The molecule has 0 spiro atoms. The van der Waals surface area contributed by atoms with E-state index in [4.69, 9.17) is 21.1 Å². The van der Waals surface area contributed by atoms with Gasteiger partial charge in [-0.3, -0.25) is 0 Å². The summed E-state index contributed by atoms with van der Waals surface area (Å²) in [5.74, 6) is -0.401. The van der Waals surface area contributed by atoms with Gasteiger partial charge in [0, 0.05) is 26.3 Å². The average Bonchev–Trinajstić information content (AvgIpc) is 2.34. The lowest BCUT2D eigenvalue weighted by Gasteiger charge is -2.17. The number of hydrogen-bond donors (Lipinski definition) is 1. The van der Waals surface area contributed by atoms with Crippen molar-refractivity contribution in [2.75, 3.05) is 19.8 Å². The molecule has 0 radical (unpaired) electrons. The normalized spacial score (nSPS) is 11.2. The molecule has 0 amide bonds. The predicted octanol–water partition coefficient (Wildman–Crippen LogP) is 2.97. The second-order valence-electron chi connectivity index (χ2n) is 3.72. The zero-order chi connectivity index (χ0) is 13.4. The van der Waals surface area contributed by atoms with Crippen molar-refractivity contribution >= 4 is 11.6 Å². The van der Waals surface area contributed by atoms with E-state index in [-0.39, 0.29) is 11.3 Å². The van der Waals surface area contributed by atoms with Crippen molar-refractivity contribution in [2.24, 2.45) is 0 Å². The summed E-state index contributed by atoms with van der Waals surface area (Å²) < 4.78 is 24.0. The number of hydrogen-bond acceptors (Lipinski definition) is 3. The summed E-state index contributed by atoms with van der Waals surface area (Å²) >= 11 is 5.61. The fraction of sp³-hybridized carbons (Fsp3) is 0.538. The van der Waals surface area contributed by atoms with Crippen molar-refractivity contribution in [1.29, 1.82) is 0 Å². The van der Waals surface area contributed by atoms with Crippen LogP contribution in [0.2, 0.25) is 5.02 Å². The molecule has 1 N–H and O–H groups in total. The average molecular weight is 276 g/mol. The number of nitrogens with one attached hydrogen (secondary N) is 1. The molecule has 0 aliphatic heterocycles. The lowest BCUT2D eigenvalue weighted by atomic mass is 10.2. The quantitative estimate of drug-likeness (QED) is 0.740. The highest BCUT2D eigenvalue weighted by molar-refractivity contribution is 6.30. The van der Waals surface area contributed by atoms with Crippen LogP contribution in [0, 0.1) is 5.82 Å². The molecule has 1 aromatic rings. The molecule has 0 bridgehead atoms. The molecule has 102 valence electrons. The van der Waals surface area contributed by atoms with E-state index in [1.54, 1.807) is 12.1 Å². The Morgan fingerprint density at radius 3 is 2.50 bits per heavy atom. The molecular formula is C13H19ClFNO2. The van der Waals surface area contributed by atoms with Gasteiger partial charge in [0.05, 0.1) is 5.02 Å². The Kier molecular flexibility index (Phi) is 7.20. The van der Waals surface area contributed by atoms with Crippen LogP contribution in [0.25, 0.3) is 0 Å². The summed E-state index contributed by atoms with van der Waals surface area (Å²) in [5.41, 5.74) is 0.837. The van der Waals surface area contributed by atoms with E-state index < -0.39 is 5.82 Å². The van der Waals surface area contributed by atoms with Gasteiger partial charge in [0.25, 0.3) is 0 Å². The minimum atomic E-state index is -0.401. The van der Waals surface area contributed by atoms with Crippen LogP contribution >= 0.6 is 11.6 Å². The van der Waals surface area contributed by atoms with Crippen molar-refractivity contribution in [2.45, 2.75) is 26.7 Å². The summed E-state index contributed by atoms with van der Waals surface area (Å²) in [6.07, 6.45) is -0.267. The Morgan fingerprint density at radius 2 is 1.94 bits per heavy atom. The second-order valence-corrected chi connectivity index (χ2v) is 4.13. The molecule has 0 unspecified atom stereocenters. The monoisotopic (exact) mass is 275 g/mol. The molecule has 1 rings (SSSR count). The summed E-state index contributed by atoms with van der Waals surface area (Å²) in [6.45, 7) is 6.14. The summed E-state index contributed by atoms with van der Waals surface area (Å²) in [7, 11) is 0. The first-order valence-electron chi connectivity index (χ1n) is 6.05. The smallest absolute Gasteiger partial charge is 0.169 e. The SMILES string of the molecule is CCOC(CNCc1ccc(Cl)c(F)c1)OCC. The van der Waals surface area contributed by atoms with Crippen molar-refractivity contribution in [3.63, 3.8) is 0 Å². The van der Waals surface area contributed by atoms with Gasteiger partial charge in [-0.2, -0.15) is 0 Å². The van der Waals surface area contributed by atoms with Crippen LogP contribution < -0.4 is 5.32 Å². The summed E-state index contributed by atoms with van der Waals surface area (Å²) in [4.78, 5) is 0. The van der Waals surface area contributed by atoms with E-state index in [2.05, 4.69) is 5.32 Å². The highest BCUT2D eigenvalue weighted by atomic mass is 35.5. The van der Waals surface area contributed by atoms with Crippen LogP contribution in [-0.4, -0.2) is 26.0 Å².